The molecule has 2 fully saturated rings. The van der Waals surface area contributed by atoms with Gasteiger partial charge in [0.05, 0.1) is 101 Å². The summed E-state index contributed by atoms with van der Waals surface area (Å²) >= 11 is 6.45. The number of fused-ring (bicyclic) bond motifs is 4. The zero-order valence-electron chi connectivity index (χ0n) is 77.4. The van der Waals surface area contributed by atoms with Crippen molar-refractivity contribution in [3.8, 4) is 0 Å². The monoisotopic (exact) mass is 2040 g/mol. The predicted octanol–water partition coefficient (Wildman–Crippen LogP) is 15.8. The molecular weight excluding hydrogens is 1930 g/mol. The minimum atomic E-state index is -1.35. The number of rotatable bonds is 22. The number of Topliss-reactive ketones (excluding diaryl/α,β-unsaturated/α-hetero) is 4. The number of ketones is 4. The van der Waals surface area contributed by atoms with Gasteiger partial charge < -0.3 is 61.7 Å². The molecule has 2 saturated heterocycles. The number of nitrogens with one attached hydrogen (secondary N) is 6. The highest BCUT2D eigenvalue weighted by Gasteiger charge is 2.41. The lowest BCUT2D eigenvalue weighted by Gasteiger charge is -2.23. The van der Waals surface area contributed by atoms with Crippen LogP contribution in [0.5, 0.6) is 0 Å². The SMILES string of the molecule is C.CC(=O)c1cn(CC(=O)OC(C)(C)C)c2ccc(Nc3cnc(C)nc3)cc12.CC(=O)c1nn(CC(=O)N2C[C@H](F)C[C@H]2C(=O)Nc2cccc(Br)n2)c2ccc(Nc3cnc(C)nc3)cc12.CC(=O)c1nn(CC(=O)O)c2ccc(Nc3cnc(C)nc3)cc12.CC(=O)c1nn(CC(=O)OC(C)(C)C)c2ccc(C)cc12.Cc1ncc(N)cn1.Cl.O=C(Nc1cccc(Br)n1)[C@@H]1C[C@@H](F)CN1. The van der Waals surface area contributed by atoms with Crippen LogP contribution < -0.4 is 37.6 Å². The van der Waals surface area contributed by atoms with E-state index in [1.54, 1.807) is 147 Å². The van der Waals surface area contributed by atoms with Crippen LogP contribution in [0, 0.1) is 34.6 Å². The maximum Gasteiger partial charge on any atom is 0.328 e. The van der Waals surface area contributed by atoms with E-state index in [0.717, 1.165) is 50.3 Å². The van der Waals surface area contributed by atoms with Crippen LogP contribution in [0.25, 0.3) is 43.6 Å². The number of carboxylic acid groups (broad SMARTS) is 1. The van der Waals surface area contributed by atoms with Crippen LogP contribution in [-0.2, 0) is 64.4 Å². The highest BCUT2D eigenvalue weighted by atomic mass is 79.9. The number of ether oxygens (including phenoxy) is 2. The van der Waals surface area contributed by atoms with Crippen molar-refractivity contribution in [3.05, 3.63) is 226 Å². The molecule has 9 N–H and O–H groups in total. The molecule has 14 aromatic rings. The Balaban J connectivity index is 0.000000193. The second-order valence-corrected chi connectivity index (χ2v) is 35.2. The summed E-state index contributed by atoms with van der Waals surface area (Å²) < 4.78 is 45.2. The van der Waals surface area contributed by atoms with Crippen molar-refractivity contribution < 1.29 is 71.3 Å². The van der Waals surface area contributed by atoms with Gasteiger partial charge >= 0.3 is 17.9 Å². The molecule has 138 heavy (non-hydrogen) atoms. The largest absolute Gasteiger partial charge is 0.480 e. The smallest absolute Gasteiger partial charge is 0.328 e. The molecule has 2 aliphatic heterocycles. The summed E-state index contributed by atoms with van der Waals surface area (Å²) in [6.07, 6.45) is 12.7. The zero-order valence-corrected chi connectivity index (χ0v) is 81.4. The summed E-state index contributed by atoms with van der Waals surface area (Å²) in [5.41, 5.74) is 14.3. The van der Waals surface area contributed by atoms with Gasteiger partial charge in [-0.2, -0.15) is 15.3 Å². The Morgan fingerprint density at radius 3 is 1.27 bits per heavy atom. The predicted molar refractivity (Wildman–Crippen MR) is 528 cm³/mol. The number of carbonyl (C=O) groups excluding carboxylic acids is 9. The summed E-state index contributed by atoms with van der Waals surface area (Å²) in [4.78, 5) is 163. The number of benzene rings is 4. The lowest BCUT2D eigenvalue weighted by molar-refractivity contribution is -0.156. The summed E-state index contributed by atoms with van der Waals surface area (Å²) in [5.74, 6) is -0.178. The number of nitrogen functional groups attached to an aromatic ring is 1. The average Bonchev–Trinajstić information content (AvgIpc) is 2.35. The number of amides is 3. The van der Waals surface area contributed by atoms with Crippen LogP contribution in [0.4, 0.5) is 60.2 Å². The van der Waals surface area contributed by atoms with Crippen molar-refractivity contribution in [2.75, 3.05) is 45.4 Å². The van der Waals surface area contributed by atoms with E-state index in [0.29, 0.717) is 88.3 Å². The van der Waals surface area contributed by atoms with Gasteiger partial charge in [0.2, 0.25) is 17.7 Å². The fourth-order valence-corrected chi connectivity index (χ4v) is 14.6. The number of carbonyl (C=O) groups is 10. The van der Waals surface area contributed by atoms with Gasteiger partial charge in [-0.3, -0.25) is 62.0 Å². The Bertz CT molecular complexity index is 6750. The first-order valence-corrected chi connectivity index (χ1v) is 44.1. The number of nitrogens with two attached hydrogens (primary N) is 1. The molecule has 43 heteroatoms. The third-order valence-corrected chi connectivity index (χ3v) is 20.7. The molecule has 10 aromatic heterocycles. The van der Waals surface area contributed by atoms with Crippen molar-refractivity contribution in [1.29, 1.82) is 0 Å². The van der Waals surface area contributed by atoms with E-state index in [-0.39, 0.29) is 130 Å². The fourth-order valence-electron chi connectivity index (χ4n) is 13.9. The molecule has 2 aliphatic rings. The molecule has 724 valence electrons. The normalized spacial score (nSPS) is 14.1. The van der Waals surface area contributed by atoms with Gasteiger partial charge in [0.15, 0.2) is 23.1 Å². The number of alkyl halides is 2. The Morgan fingerprint density at radius 1 is 0.478 bits per heavy atom. The lowest BCUT2D eigenvalue weighted by atomic mass is 10.1. The van der Waals surface area contributed by atoms with Crippen molar-refractivity contribution in [3.63, 3.8) is 0 Å². The minimum Gasteiger partial charge on any atom is -0.480 e. The standard InChI is InChI=1S/C26H24BrFN8O3.C21H24N4O3.C16H15N5O3.C16H20N2O3.C10H11BrFN3O.C5H7N3.CH4.ClH/c1-14(37)25-19-9-17(31-18-10-29-15(2)30-11-18)6-7-20(19)36(34-25)13-24(38)35-12-16(28)8-21(35)26(39)33-23-5-3-4-22(27)32-23;1-13(26)18-11-25(12-20(27)28-21(3,4)5)19-7-6-15(8-17(18)19)24-16-9-22-14(2)23-10-16;1-9(22)16-13-5-11(19-12-6-17-10(2)18-7-12)3-4-14(13)21(20-16)8-15(23)24;1-10-6-7-13-12(8-10)15(11(2)19)17-18(13)9-14(20)21-16(3,4)5;11-8-2-1-3-9(14-8)15-10(16)7-4-6(12)5-13-7;1-4-7-2-5(6)3-8-4;;/h3-7,9-11,16,21,31H,8,12-13H2,1-2H3,(H,32,33,39);6-11,24H,12H2,1-5H3;3-7,19H,8H2,1-2H3,(H,23,24);6-8H,9H2,1-5H3;1-3,6-7,13H,4-5H2,(H,14,15,16);2-3H,6H2,1H3;1H4;1H/t16-,21+;;;;6-,7+;;;/m1...1.../s1. The number of pyridine rings is 2. The van der Waals surface area contributed by atoms with Crippen molar-refractivity contribution >= 4 is 198 Å². The third-order valence-electron chi connectivity index (χ3n) is 19.9. The Labute approximate surface area is 815 Å². The molecule has 0 unspecified atom stereocenters. The summed E-state index contributed by atoms with van der Waals surface area (Å²) in [5, 5.41) is 42.1. The Hall–Kier alpha value is -14.8. The number of aryl methyl sites for hydroxylation is 5. The highest BCUT2D eigenvalue weighted by molar-refractivity contribution is 9.10. The molecule has 3 amide bonds. The van der Waals surface area contributed by atoms with E-state index >= 15 is 0 Å². The number of nitrogens with zero attached hydrogens (tertiary/aromatic N) is 18. The van der Waals surface area contributed by atoms with Crippen LogP contribution >= 0.6 is 44.3 Å². The molecular formula is C95H106Br2ClF2N25O13. The van der Waals surface area contributed by atoms with E-state index in [4.69, 9.17) is 20.3 Å². The van der Waals surface area contributed by atoms with Crippen LogP contribution in [0.2, 0.25) is 0 Å². The van der Waals surface area contributed by atoms with Gasteiger partial charge in [-0.05, 0) is 206 Å². The maximum atomic E-state index is 14.4. The molecule has 0 saturated carbocycles. The van der Waals surface area contributed by atoms with Crippen molar-refractivity contribution in [2.24, 2.45) is 0 Å². The number of anilines is 9. The average molecular weight is 2040 g/mol. The number of halogens is 5. The summed E-state index contributed by atoms with van der Waals surface area (Å²) in [7, 11) is 0. The van der Waals surface area contributed by atoms with Crippen LogP contribution in [-0.4, -0.2) is 201 Å². The van der Waals surface area contributed by atoms with Crippen LogP contribution in [0.3, 0.4) is 0 Å². The second-order valence-electron chi connectivity index (χ2n) is 33.6. The lowest BCUT2D eigenvalue weighted by Crippen LogP contribution is -2.44. The van der Waals surface area contributed by atoms with Gasteiger partial charge in [-0.25, -0.2) is 58.6 Å². The van der Waals surface area contributed by atoms with E-state index < -0.39 is 53.4 Å². The molecule has 12 heterocycles. The molecule has 38 nitrogen and oxygen atoms in total. The Kier molecular flexibility index (Phi) is 36.9. The molecule has 0 radical (unpaired) electrons. The number of aromatic nitrogens is 17. The number of esters is 2. The first-order valence-electron chi connectivity index (χ1n) is 42.5. The summed E-state index contributed by atoms with van der Waals surface area (Å²) in [6, 6.07) is 30.7. The van der Waals surface area contributed by atoms with Gasteiger partial charge in [-0.15, -0.1) is 12.4 Å². The topological polar surface area (TPSA) is 498 Å². The zero-order chi connectivity index (χ0) is 98.7. The van der Waals surface area contributed by atoms with Gasteiger partial charge in [-0.1, -0.05) is 31.2 Å². The first-order chi connectivity index (χ1) is 64.3. The molecule has 0 aliphatic carbocycles. The number of hydrogen-bond donors (Lipinski definition) is 8. The van der Waals surface area contributed by atoms with Gasteiger partial charge in [0, 0.05) is 96.0 Å². The quantitative estimate of drug-likeness (QED) is 0.0177. The van der Waals surface area contributed by atoms with E-state index in [1.165, 1.54) is 46.6 Å². The van der Waals surface area contributed by atoms with Gasteiger partial charge in [0.1, 0.15) is 117 Å². The van der Waals surface area contributed by atoms with Crippen LogP contribution in [0.1, 0.15) is 160 Å². The number of likely N-dealkylation sites (tertiary alicyclic amines) is 1. The second kappa shape index (κ2) is 47.6. The van der Waals surface area contributed by atoms with Crippen molar-refractivity contribution in [1.82, 2.24) is 94.0 Å². The molecule has 0 bridgehead atoms. The molecule has 4 atom stereocenters. The van der Waals surface area contributed by atoms with E-state index in [2.05, 4.69) is 129 Å². The fraction of sp³-hybridized carbons (Fsp3) is 0.316. The first kappa shape index (κ1) is 107. The minimum absolute atomic E-state index is 0. The number of carboxylic acids is 1. The highest BCUT2D eigenvalue weighted by Crippen LogP contribution is 2.33. The number of aliphatic carboxylic acids is 1. The van der Waals surface area contributed by atoms with Crippen molar-refractivity contribution in [2.45, 2.75) is 186 Å². The molecule has 16 rings (SSSR count). The van der Waals surface area contributed by atoms with Crippen LogP contribution in [0.15, 0.2) is 174 Å². The van der Waals surface area contributed by atoms with Gasteiger partial charge in [0.25, 0.3) is 0 Å². The maximum absolute atomic E-state index is 14.4. The molecule has 4 aromatic carbocycles. The Morgan fingerprint density at radius 2 is 0.870 bits per heavy atom. The third kappa shape index (κ3) is 30.4. The summed E-state index contributed by atoms with van der Waals surface area (Å²) in [6.45, 7) is 25.4. The van der Waals surface area contributed by atoms with E-state index in [9.17, 15) is 56.7 Å². The molecule has 0 spiro atoms. The van der Waals surface area contributed by atoms with E-state index in [1.807, 2.05) is 98.7 Å². The number of hydrogen-bond acceptors (Lipinski definition) is 30.